The number of hydrogen-bond acceptors (Lipinski definition) is 2. The van der Waals surface area contributed by atoms with Gasteiger partial charge in [0.15, 0.2) is 0 Å². The number of rotatable bonds is 3. The van der Waals surface area contributed by atoms with E-state index in [0.717, 1.165) is 30.6 Å². The lowest BCUT2D eigenvalue weighted by Crippen LogP contribution is -2.32. The third-order valence-electron chi connectivity index (χ3n) is 4.07. The maximum absolute atomic E-state index is 12.0. The van der Waals surface area contributed by atoms with Crippen molar-refractivity contribution in [2.24, 2.45) is 5.41 Å². The monoisotopic (exact) mass is 264 g/mol. The molecule has 0 fully saturated rings. The number of aromatic nitrogens is 1. The first-order chi connectivity index (χ1) is 8.84. The molecule has 1 unspecified atom stereocenters. The molecule has 0 saturated heterocycles. The van der Waals surface area contributed by atoms with Crippen LogP contribution in [0.3, 0.4) is 0 Å². The highest BCUT2D eigenvalue weighted by atomic mass is 16.3. The summed E-state index contributed by atoms with van der Waals surface area (Å²) >= 11 is 0. The molecule has 1 atom stereocenters. The van der Waals surface area contributed by atoms with Gasteiger partial charge in [0.1, 0.15) is 6.54 Å². The van der Waals surface area contributed by atoms with Gasteiger partial charge < -0.3 is 14.6 Å². The van der Waals surface area contributed by atoms with E-state index in [9.17, 15) is 9.90 Å². The SMILES string of the molecule is CCN(C)C(=O)Cn1ccc2c1CC(C)(C)CC2O. The molecule has 0 spiro atoms. The highest BCUT2D eigenvalue weighted by Gasteiger charge is 2.33. The average Bonchev–Trinajstić information content (AvgIpc) is 2.70. The highest BCUT2D eigenvalue weighted by Crippen LogP contribution is 2.41. The van der Waals surface area contributed by atoms with Gasteiger partial charge in [-0.25, -0.2) is 0 Å². The topological polar surface area (TPSA) is 45.5 Å². The number of hydrogen-bond donors (Lipinski definition) is 1. The minimum absolute atomic E-state index is 0.0855. The lowest BCUT2D eigenvalue weighted by molar-refractivity contribution is -0.130. The normalized spacial score (nSPS) is 21.0. The molecule has 1 aromatic heterocycles. The van der Waals surface area contributed by atoms with E-state index in [2.05, 4.69) is 13.8 Å². The lowest BCUT2D eigenvalue weighted by Gasteiger charge is -2.34. The quantitative estimate of drug-likeness (QED) is 0.907. The standard InChI is InChI=1S/C15H24N2O2/c1-5-16(4)14(19)10-17-7-6-11-12(17)8-15(2,3)9-13(11)18/h6-7,13,18H,5,8-10H2,1-4H3. The molecule has 0 aliphatic heterocycles. The largest absolute Gasteiger partial charge is 0.388 e. The van der Waals surface area contributed by atoms with Crippen molar-refractivity contribution in [3.05, 3.63) is 23.5 Å². The van der Waals surface area contributed by atoms with Crippen molar-refractivity contribution >= 4 is 5.91 Å². The van der Waals surface area contributed by atoms with E-state index in [1.807, 2.05) is 30.8 Å². The van der Waals surface area contributed by atoms with Gasteiger partial charge >= 0.3 is 0 Å². The van der Waals surface area contributed by atoms with Gasteiger partial charge in [-0.1, -0.05) is 13.8 Å². The minimum Gasteiger partial charge on any atom is -0.388 e. The number of fused-ring (bicyclic) bond motifs is 1. The molecule has 1 N–H and O–H groups in total. The fourth-order valence-electron chi connectivity index (χ4n) is 2.78. The summed E-state index contributed by atoms with van der Waals surface area (Å²) in [5.41, 5.74) is 2.19. The Morgan fingerprint density at radius 1 is 1.58 bits per heavy atom. The third kappa shape index (κ3) is 2.84. The van der Waals surface area contributed by atoms with Crippen molar-refractivity contribution in [1.29, 1.82) is 0 Å². The van der Waals surface area contributed by atoms with Gasteiger partial charge in [0.2, 0.25) is 5.91 Å². The van der Waals surface area contributed by atoms with Crippen LogP contribution in [0.2, 0.25) is 0 Å². The molecule has 0 bridgehead atoms. The summed E-state index contributed by atoms with van der Waals surface area (Å²) in [7, 11) is 1.82. The minimum atomic E-state index is -0.404. The number of aliphatic hydroxyl groups excluding tert-OH is 1. The zero-order valence-electron chi connectivity index (χ0n) is 12.3. The van der Waals surface area contributed by atoms with Crippen molar-refractivity contribution in [3.63, 3.8) is 0 Å². The van der Waals surface area contributed by atoms with Gasteiger partial charge in [-0.3, -0.25) is 4.79 Å². The van der Waals surface area contributed by atoms with Crippen LogP contribution in [-0.2, 0) is 17.8 Å². The predicted molar refractivity (Wildman–Crippen MR) is 74.8 cm³/mol. The van der Waals surface area contributed by atoms with Crippen LogP contribution in [0.4, 0.5) is 0 Å². The summed E-state index contributed by atoms with van der Waals surface area (Å²) in [5, 5.41) is 10.2. The van der Waals surface area contributed by atoms with E-state index in [1.165, 1.54) is 0 Å². The Morgan fingerprint density at radius 2 is 2.26 bits per heavy atom. The van der Waals surface area contributed by atoms with Crippen LogP contribution >= 0.6 is 0 Å². The Morgan fingerprint density at radius 3 is 2.89 bits per heavy atom. The predicted octanol–water partition coefficient (Wildman–Crippen LogP) is 1.97. The fraction of sp³-hybridized carbons (Fsp3) is 0.667. The van der Waals surface area contributed by atoms with Crippen LogP contribution in [0.1, 0.15) is 44.6 Å². The summed E-state index contributed by atoms with van der Waals surface area (Å²) in [6.45, 7) is 7.38. The number of carbonyl (C=O) groups is 1. The van der Waals surface area contributed by atoms with Crippen LogP contribution in [0.25, 0.3) is 0 Å². The smallest absolute Gasteiger partial charge is 0.242 e. The molecule has 0 radical (unpaired) electrons. The molecule has 19 heavy (non-hydrogen) atoms. The van der Waals surface area contributed by atoms with Gasteiger partial charge in [-0.15, -0.1) is 0 Å². The van der Waals surface area contributed by atoms with Crippen LogP contribution in [0, 0.1) is 5.41 Å². The number of carbonyl (C=O) groups excluding carboxylic acids is 1. The van der Waals surface area contributed by atoms with E-state index in [0.29, 0.717) is 6.54 Å². The van der Waals surface area contributed by atoms with Crippen LogP contribution in [0.5, 0.6) is 0 Å². The molecule has 1 aliphatic rings. The Labute approximate surface area is 115 Å². The molecule has 0 saturated carbocycles. The van der Waals surface area contributed by atoms with Crippen molar-refractivity contribution < 1.29 is 9.90 Å². The van der Waals surface area contributed by atoms with Gasteiger partial charge in [-0.05, 0) is 31.2 Å². The maximum Gasteiger partial charge on any atom is 0.242 e. The lowest BCUT2D eigenvalue weighted by atomic mass is 9.75. The summed E-state index contributed by atoms with van der Waals surface area (Å²) in [4.78, 5) is 13.7. The molecule has 1 aliphatic carbocycles. The number of nitrogens with zero attached hydrogens (tertiary/aromatic N) is 2. The zero-order valence-corrected chi connectivity index (χ0v) is 12.3. The van der Waals surface area contributed by atoms with Crippen LogP contribution in [0.15, 0.2) is 12.3 Å². The summed E-state index contributed by atoms with van der Waals surface area (Å²) in [5.74, 6) is 0.110. The summed E-state index contributed by atoms with van der Waals surface area (Å²) < 4.78 is 1.99. The Kier molecular flexibility index (Phi) is 3.72. The molecule has 1 amide bonds. The first-order valence-corrected chi connectivity index (χ1v) is 6.94. The molecule has 1 aromatic rings. The molecular weight excluding hydrogens is 240 g/mol. The molecule has 4 heteroatoms. The van der Waals surface area contributed by atoms with Crippen molar-refractivity contribution in [1.82, 2.24) is 9.47 Å². The Balaban J connectivity index is 2.23. The Bertz CT molecular complexity index is 476. The van der Waals surface area contributed by atoms with Crippen molar-refractivity contribution in [3.8, 4) is 0 Å². The summed E-state index contributed by atoms with van der Waals surface area (Å²) in [6.07, 6.45) is 3.22. The first-order valence-electron chi connectivity index (χ1n) is 6.94. The van der Waals surface area contributed by atoms with Gasteiger partial charge in [0.25, 0.3) is 0 Å². The van der Waals surface area contributed by atoms with E-state index in [1.54, 1.807) is 4.90 Å². The van der Waals surface area contributed by atoms with E-state index < -0.39 is 6.10 Å². The zero-order chi connectivity index (χ0) is 14.2. The molecule has 1 heterocycles. The first kappa shape index (κ1) is 14.1. The van der Waals surface area contributed by atoms with Gasteiger partial charge in [-0.2, -0.15) is 0 Å². The molecule has 0 aromatic carbocycles. The molecule has 2 rings (SSSR count). The van der Waals surface area contributed by atoms with Crippen molar-refractivity contribution in [2.45, 2.75) is 46.3 Å². The Hall–Kier alpha value is -1.29. The fourth-order valence-corrected chi connectivity index (χ4v) is 2.78. The molecule has 106 valence electrons. The van der Waals surface area contributed by atoms with Crippen LogP contribution < -0.4 is 0 Å². The molecular formula is C15H24N2O2. The second-order valence-corrected chi connectivity index (χ2v) is 6.31. The van der Waals surface area contributed by atoms with Gasteiger partial charge in [0.05, 0.1) is 6.10 Å². The van der Waals surface area contributed by atoms with E-state index >= 15 is 0 Å². The number of amides is 1. The molecule has 4 nitrogen and oxygen atoms in total. The summed E-state index contributed by atoms with van der Waals surface area (Å²) in [6, 6.07) is 1.95. The highest BCUT2D eigenvalue weighted by molar-refractivity contribution is 5.75. The second-order valence-electron chi connectivity index (χ2n) is 6.31. The van der Waals surface area contributed by atoms with Crippen molar-refractivity contribution in [2.75, 3.05) is 13.6 Å². The third-order valence-corrected chi connectivity index (χ3v) is 4.07. The second kappa shape index (κ2) is 5.00. The number of likely N-dealkylation sites (N-methyl/N-ethyl adjacent to an activating group) is 1. The maximum atomic E-state index is 12.0. The average molecular weight is 264 g/mol. The van der Waals surface area contributed by atoms with Crippen LogP contribution in [-0.4, -0.2) is 34.1 Å². The van der Waals surface area contributed by atoms with Gasteiger partial charge in [0, 0.05) is 31.0 Å². The van der Waals surface area contributed by atoms with E-state index in [-0.39, 0.29) is 11.3 Å². The number of aliphatic hydroxyl groups is 1. The van der Waals surface area contributed by atoms with E-state index in [4.69, 9.17) is 0 Å².